The van der Waals surface area contributed by atoms with Gasteiger partial charge in [0.15, 0.2) is 0 Å². The summed E-state index contributed by atoms with van der Waals surface area (Å²) in [5, 5.41) is 5.56. The van der Waals surface area contributed by atoms with Gasteiger partial charge in [-0.25, -0.2) is 4.79 Å². The van der Waals surface area contributed by atoms with Gasteiger partial charge in [0.05, 0.1) is 12.0 Å². The summed E-state index contributed by atoms with van der Waals surface area (Å²) in [4.78, 5) is 23.4. The number of rotatable bonds is 4. The molecule has 1 aliphatic rings. The van der Waals surface area contributed by atoms with Crippen LogP contribution in [-0.4, -0.2) is 17.5 Å². The van der Waals surface area contributed by atoms with Gasteiger partial charge < -0.3 is 22.1 Å². The highest BCUT2D eigenvalue weighted by Gasteiger charge is 2.38. The fraction of sp³-hybridized carbons (Fsp3) is 0.529. The van der Waals surface area contributed by atoms with Gasteiger partial charge >= 0.3 is 6.03 Å². The molecule has 6 N–H and O–H groups in total. The molecule has 0 bridgehead atoms. The number of nitrogens with one attached hydrogen (secondary N) is 2. The lowest BCUT2D eigenvalue weighted by atomic mass is 9.74. The van der Waals surface area contributed by atoms with Crippen LogP contribution in [0.1, 0.15) is 51.1 Å². The maximum atomic E-state index is 12.5. The average Bonchev–Trinajstić information content (AvgIpc) is 2.46. The zero-order valence-electron chi connectivity index (χ0n) is 14.2. The highest BCUT2D eigenvalue weighted by molar-refractivity contribution is 5.87. The molecule has 3 amide bonds. The third-order valence-electron chi connectivity index (χ3n) is 4.61. The van der Waals surface area contributed by atoms with Crippen molar-refractivity contribution in [2.45, 2.75) is 51.1 Å². The highest BCUT2D eigenvalue weighted by atomic mass is 35.5. The predicted octanol–water partition coefficient (Wildman–Crippen LogP) is 2.68. The molecule has 2 rings (SSSR count). The van der Waals surface area contributed by atoms with E-state index in [1.165, 1.54) is 0 Å². The largest absolute Gasteiger partial charge is 0.351 e. The number of urea groups is 1. The lowest BCUT2D eigenvalue weighted by Crippen LogP contribution is -2.53. The third-order valence-corrected chi connectivity index (χ3v) is 4.61. The number of benzene rings is 1. The fourth-order valence-electron chi connectivity index (χ4n) is 3.18. The van der Waals surface area contributed by atoms with E-state index in [0.29, 0.717) is 5.69 Å². The highest BCUT2D eigenvalue weighted by Crippen LogP contribution is 2.32. The van der Waals surface area contributed by atoms with Gasteiger partial charge in [-0.1, -0.05) is 25.0 Å². The van der Waals surface area contributed by atoms with E-state index < -0.39 is 11.6 Å². The Bertz CT molecular complexity index is 574. The summed E-state index contributed by atoms with van der Waals surface area (Å²) in [7, 11) is 0. The van der Waals surface area contributed by atoms with E-state index in [1.807, 2.05) is 26.0 Å². The van der Waals surface area contributed by atoms with Gasteiger partial charge in [-0.3, -0.25) is 4.79 Å². The van der Waals surface area contributed by atoms with Crippen molar-refractivity contribution in [3.05, 3.63) is 29.8 Å². The van der Waals surface area contributed by atoms with Crippen LogP contribution in [0.3, 0.4) is 0 Å². The first-order chi connectivity index (χ1) is 10.8. The minimum absolute atomic E-state index is 0. The lowest BCUT2D eigenvalue weighted by Gasteiger charge is -2.37. The number of carbonyl (C=O) groups excluding carboxylic acids is 2. The zero-order valence-corrected chi connectivity index (χ0v) is 15.0. The van der Waals surface area contributed by atoms with Crippen LogP contribution in [0.25, 0.3) is 0 Å². The van der Waals surface area contributed by atoms with Crippen molar-refractivity contribution in [2.24, 2.45) is 17.4 Å². The SMILES string of the molecule is CC(NC(=O)C1CCCCC1(C)N)c1ccc(NC(N)=O)cc1.Cl. The molecule has 1 aromatic carbocycles. The number of anilines is 1. The second-order valence-electron chi connectivity index (χ2n) is 6.65. The Morgan fingerprint density at radius 2 is 1.88 bits per heavy atom. The molecule has 1 fully saturated rings. The van der Waals surface area contributed by atoms with E-state index in [2.05, 4.69) is 10.6 Å². The first-order valence-corrected chi connectivity index (χ1v) is 8.05. The molecule has 134 valence electrons. The Balaban J connectivity index is 0.00000288. The molecule has 1 saturated carbocycles. The molecule has 6 nitrogen and oxygen atoms in total. The molecule has 1 aromatic rings. The molecule has 24 heavy (non-hydrogen) atoms. The Labute approximate surface area is 149 Å². The minimum Gasteiger partial charge on any atom is -0.351 e. The van der Waals surface area contributed by atoms with Gasteiger partial charge in [0.2, 0.25) is 5.91 Å². The normalized spacial score (nSPS) is 24.4. The minimum atomic E-state index is -0.598. The second kappa shape index (κ2) is 8.35. The van der Waals surface area contributed by atoms with E-state index in [0.717, 1.165) is 31.2 Å². The molecule has 0 radical (unpaired) electrons. The first kappa shape index (κ1) is 20.3. The summed E-state index contributed by atoms with van der Waals surface area (Å²) < 4.78 is 0. The molecule has 3 atom stereocenters. The van der Waals surface area contributed by atoms with E-state index in [9.17, 15) is 9.59 Å². The van der Waals surface area contributed by atoms with E-state index >= 15 is 0 Å². The van der Waals surface area contributed by atoms with E-state index in [-0.39, 0.29) is 30.3 Å². The number of primary amides is 1. The first-order valence-electron chi connectivity index (χ1n) is 8.05. The quantitative estimate of drug-likeness (QED) is 0.667. The predicted molar refractivity (Wildman–Crippen MR) is 98.0 cm³/mol. The Morgan fingerprint density at radius 1 is 1.25 bits per heavy atom. The van der Waals surface area contributed by atoms with Crippen molar-refractivity contribution in [2.75, 3.05) is 5.32 Å². The molecule has 0 aromatic heterocycles. The lowest BCUT2D eigenvalue weighted by molar-refractivity contribution is -0.128. The van der Waals surface area contributed by atoms with Gasteiger partial charge in [-0.2, -0.15) is 0 Å². The van der Waals surface area contributed by atoms with E-state index in [4.69, 9.17) is 11.5 Å². The van der Waals surface area contributed by atoms with Crippen molar-refractivity contribution in [3.8, 4) is 0 Å². The number of nitrogens with two attached hydrogens (primary N) is 2. The summed E-state index contributed by atoms with van der Waals surface area (Å²) in [6.45, 7) is 3.90. The fourth-order valence-corrected chi connectivity index (χ4v) is 3.18. The van der Waals surface area contributed by atoms with Crippen LogP contribution in [0.4, 0.5) is 10.5 Å². The van der Waals surface area contributed by atoms with E-state index in [1.54, 1.807) is 12.1 Å². The Kier molecular flexibility index (Phi) is 7.05. The molecular weight excluding hydrogens is 328 g/mol. The molecule has 3 unspecified atom stereocenters. The molecule has 7 heteroatoms. The standard InChI is InChI=1S/C17H26N4O2.ClH/c1-11(12-6-8-13(9-7-12)21-16(18)23)20-15(22)14-5-3-4-10-17(14,2)19;/h6-9,11,14H,3-5,10,19H2,1-2H3,(H,20,22)(H3,18,21,23);1H. The number of carbonyl (C=O) groups is 2. The summed E-state index contributed by atoms with van der Waals surface area (Å²) in [6, 6.07) is 6.52. The summed E-state index contributed by atoms with van der Waals surface area (Å²) in [5.74, 6) is -0.129. The van der Waals surface area contributed by atoms with Gasteiger partial charge in [0.1, 0.15) is 0 Å². The number of hydrogen-bond donors (Lipinski definition) is 4. The van der Waals surface area contributed by atoms with Gasteiger partial charge in [-0.05, 0) is 44.4 Å². The molecule has 0 saturated heterocycles. The van der Waals surface area contributed by atoms with Crippen LogP contribution < -0.4 is 22.1 Å². The maximum Gasteiger partial charge on any atom is 0.316 e. The van der Waals surface area contributed by atoms with Crippen LogP contribution in [0.5, 0.6) is 0 Å². The molecular formula is C17H27ClN4O2. The molecule has 0 aliphatic heterocycles. The Morgan fingerprint density at radius 3 is 2.42 bits per heavy atom. The monoisotopic (exact) mass is 354 g/mol. The van der Waals surface area contributed by atoms with Crippen LogP contribution in [0.2, 0.25) is 0 Å². The number of hydrogen-bond acceptors (Lipinski definition) is 3. The smallest absolute Gasteiger partial charge is 0.316 e. The summed E-state index contributed by atoms with van der Waals surface area (Å²) in [6.07, 6.45) is 3.85. The van der Waals surface area contributed by atoms with Crippen LogP contribution in [0.15, 0.2) is 24.3 Å². The van der Waals surface area contributed by atoms with Gasteiger partial charge in [-0.15, -0.1) is 12.4 Å². The zero-order chi connectivity index (χ0) is 17.0. The van der Waals surface area contributed by atoms with Crippen molar-refractivity contribution < 1.29 is 9.59 Å². The van der Waals surface area contributed by atoms with Crippen molar-refractivity contribution in [1.82, 2.24) is 5.32 Å². The van der Waals surface area contributed by atoms with Crippen LogP contribution >= 0.6 is 12.4 Å². The van der Waals surface area contributed by atoms with Gasteiger partial charge in [0.25, 0.3) is 0 Å². The van der Waals surface area contributed by atoms with Crippen molar-refractivity contribution in [3.63, 3.8) is 0 Å². The molecule has 0 heterocycles. The third kappa shape index (κ3) is 5.11. The second-order valence-corrected chi connectivity index (χ2v) is 6.65. The average molecular weight is 355 g/mol. The summed E-state index contributed by atoms with van der Waals surface area (Å²) >= 11 is 0. The maximum absolute atomic E-state index is 12.5. The van der Waals surface area contributed by atoms with Crippen molar-refractivity contribution >= 4 is 30.0 Å². The molecule has 0 spiro atoms. The van der Waals surface area contributed by atoms with Crippen LogP contribution in [-0.2, 0) is 4.79 Å². The topological polar surface area (TPSA) is 110 Å². The van der Waals surface area contributed by atoms with Crippen molar-refractivity contribution in [1.29, 1.82) is 0 Å². The summed E-state index contributed by atoms with van der Waals surface area (Å²) in [5.41, 5.74) is 12.5. The Hall–Kier alpha value is -1.79. The number of halogens is 1. The van der Waals surface area contributed by atoms with Gasteiger partial charge in [0, 0.05) is 11.2 Å². The number of amides is 3. The van der Waals surface area contributed by atoms with Crippen LogP contribution in [0, 0.1) is 5.92 Å². The molecule has 1 aliphatic carbocycles.